The van der Waals surface area contributed by atoms with Crippen LogP contribution < -0.4 is 5.48 Å². The molecule has 52 valence electrons. The lowest BCUT2D eigenvalue weighted by atomic mass is 9.86. The van der Waals surface area contributed by atoms with Crippen LogP contribution in [0.3, 0.4) is 0 Å². The van der Waals surface area contributed by atoms with Crippen LogP contribution in [-0.4, -0.2) is 12.6 Å². The number of hydroxylamine groups is 1. The van der Waals surface area contributed by atoms with Gasteiger partial charge in [0.25, 0.3) is 0 Å². The largest absolute Gasteiger partial charge is 0.298 e. The van der Waals surface area contributed by atoms with E-state index in [0.717, 1.165) is 12.5 Å². The highest BCUT2D eigenvalue weighted by Crippen LogP contribution is 2.27. The summed E-state index contributed by atoms with van der Waals surface area (Å²) in [5.41, 5.74) is 2.99. The average Bonchev–Trinajstić information content (AvgIpc) is 1.88. The Balaban J connectivity index is 1.96. The molecule has 0 aromatic rings. The molecule has 2 nitrogen and oxygen atoms in total. The minimum absolute atomic E-state index is 0.539. The van der Waals surface area contributed by atoms with E-state index in [9.17, 15) is 0 Å². The van der Waals surface area contributed by atoms with E-state index in [1.165, 1.54) is 25.7 Å². The van der Waals surface area contributed by atoms with E-state index in [1.54, 1.807) is 0 Å². The van der Waals surface area contributed by atoms with Gasteiger partial charge in [0.15, 0.2) is 0 Å². The van der Waals surface area contributed by atoms with Crippen LogP contribution in [0.1, 0.15) is 25.7 Å². The van der Waals surface area contributed by atoms with Crippen LogP contribution >= 0.6 is 0 Å². The minimum atomic E-state index is 0.539. The fourth-order valence-electron chi connectivity index (χ4n) is 1.82. The Bertz CT molecular complexity index is 85.1. The van der Waals surface area contributed by atoms with Crippen LogP contribution in [0, 0.1) is 5.92 Å². The van der Waals surface area contributed by atoms with Gasteiger partial charge in [0, 0.05) is 6.54 Å². The maximum absolute atomic E-state index is 5.30. The van der Waals surface area contributed by atoms with E-state index in [0.29, 0.717) is 6.10 Å². The second-order valence-electron chi connectivity index (χ2n) is 3.12. The highest BCUT2D eigenvalue weighted by Gasteiger charge is 2.26. The lowest BCUT2D eigenvalue weighted by Gasteiger charge is -2.34. The van der Waals surface area contributed by atoms with Crippen LogP contribution in [0.25, 0.3) is 0 Å². The molecule has 2 aliphatic rings. The van der Waals surface area contributed by atoms with Gasteiger partial charge in [0.05, 0.1) is 6.10 Å². The molecule has 0 aromatic carbocycles. The summed E-state index contributed by atoms with van der Waals surface area (Å²) in [6, 6.07) is 0. The molecule has 1 aliphatic heterocycles. The number of rotatable bonds is 0. The summed E-state index contributed by atoms with van der Waals surface area (Å²) >= 11 is 0. The molecule has 2 fully saturated rings. The van der Waals surface area contributed by atoms with Crippen LogP contribution in [0.5, 0.6) is 0 Å². The second kappa shape index (κ2) is 2.27. The van der Waals surface area contributed by atoms with Gasteiger partial charge in [-0.1, -0.05) is 6.42 Å². The molecule has 2 atom stereocenters. The monoisotopic (exact) mass is 127 g/mol. The molecular weight excluding hydrogens is 114 g/mol. The Morgan fingerprint density at radius 1 is 1.33 bits per heavy atom. The predicted octanol–water partition coefficient (Wildman–Crippen LogP) is 1.08. The van der Waals surface area contributed by atoms with E-state index in [1.807, 2.05) is 0 Å². The standard InChI is InChI=1S/C7H13NO/c1-2-6-4-7(3-1)9-8-5-6/h6-8H,1-5H2. The zero-order chi connectivity index (χ0) is 6.10. The first kappa shape index (κ1) is 5.69. The zero-order valence-corrected chi connectivity index (χ0v) is 5.60. The van der Waals surface area contributed by atoms with Crippen molar-refractivity contribution < 1.29 is 4.84 Å². The van der Waals surface area contributed by atoms with E-state index >= 15 is 0 Å². The first-order chi connectivity index (χ1) is 4.45. The highest BCUT2D eigenvalue weighted by atomic mass is 16.7. The smallest absolute Gasteiger partial charge is 0.0793 e. The van der Waals surface area contributed by atoms with Crippen molar-refractivity contribution >= 4 is 0 Å². The molecule has 1 aliphatic carbocycles. The summed E-state index contributed by atoms with van der Waals surface area (Å²) in [5, 5.41) is 0. The third-order valence-corrected chi connectivity index (χ3v) is 2.36. The molecule has 0 amide bonds. The molecule has 0 radical (unpaired) electrons. The summed E-state index contributed by atoms with van der Waals surface area (Å²) < 4.78 is 0. The van der Waals surface area contributed by atoms with Crippen LogP contribution in [0.4, 0.5) is 0 Å². The average molecular weight is 127 g/mol. The number of hydrogen-bond donors (Lipinski definition) is 1. The van der Waals surface area contributed by atoms with Crippen molar-refractivity contribution in [2.75, 3.05) is 6.54 Å². The van der Waals surface area contributed by atoms with Gasteiger partial charge >= 0.3 is 0 Å². The quantitative estimate of drug-likeness (QED) is 0.525. The molecule has 2 unspecified atom stereocenters. The Morgan fingerprint density at radius 2 is 2.33 bits per heavy atom. The summed E-state index contributed by atoms with van der Waals surface area (Å²) in [6.45, 7) is 1.08. The Labute approximate surface area is 55.5 Å². The fourth-order valence-corrected chi connectivity index (χ4v) is 1.82. The van der Waals surface area contributed by atoms with Crippen LogP contribution in [0.15, 0.2) is 0 Å². The number of fused-ring (bicyclic) bond motifs is 2. The Hall–Kier alpha value is -0.0800. The van der Waals surface area contributed by atoms with Crippen molar-refractivity contribution in [2.24, 2.45) is 5.92 Å². The fraction of sp³-hybridized carbons (Fsp3) is 1.00. The maximum atomic E-state index is 5.30. The SMILES string of the molecule is C1CC2CNOC(C1)C2. The normalized spacial score (nSPS) is 42.7. The van der Waals surface area contributed by atoms with Gasteiger partial charge in [-0.25, -0.2) is 5.48 Å². The van der Waals surface area contributed by atoms with Crippen LogP contribution in [-0.2, 0) is 4.84 Å². The number of hydrogen-bond acceptors (Lipinski definition) is 2. The third-order valence-electron chi connectivity index (χ3n) is 2.36. The third kappa shape index (κ3) is 1.10. The van der Waals surface area contributed by atoms with Gasteiger partial charge in [-0.2, -0.15) is 0 Å². The minimum Gasteiger partial charge on any atom is -0.298 e. The first-order valence-electron chi connectivity index (χ1n) is 3.83. The van der Waals surface area contributed by atoms with Gasteiger partial charge in [-0.05, 0) is 25.2 Å². The van der Waals surface area contributed by atoms with Gasteiger partial charge < -0.3 is 0 Å². The van der Waals surface area contributed by atoms with Crippen molar-refractivity contribution in [2.45, 2.75) is 31.8 Å². The maximum Gasteiger partial charge on any atom is 0.0793 e. The van der Waals surface area contributed by atoms with E-state index < -0.39 is 0 Å². The Kier molecular flexibility index (Phi) is 1.44. The topological polar surface area (TPSA) is 21.3 Å². The zero-order valence-electron chi connectivity index (χ0n) is 5.60. The van der Waals surface area contributed by atoms with Gasteiger partial charge in [0.1, 0.15) is 0 Å². The van der Waals surface area contributed by atoms with E-state index in [-0.39, 0.29) is 0 Å². The van der Waals surface area contributed by atoms with Crippen molar-refractivity contribution in [1.82, 2.24) is 5.48 Å². The number of nitrogens with one attached hydrogen (secondary N) is 1. The first-order valence-corrected chi connectivity index (χ1v) is 3.83. The predicted molar refractivity (Wildman–Crippen MR) is 34.8 cm³/mol. The van der Waals surface area contributed by atoms with E-state index in [2.05, 4.69) is 5.48 Å². The van der Waals surface area contributed by atoms with Crippen molar-refractivity contribution in [3.05, 3.63) is 0 Å². The van der Waals surface area contributed by atoms with Gasteiger partial charge in [-0.15, -0.1) is 0 Å². The molecule has 0 spiro atoms. The lowest BCUT2D eigenvalue weighted by Crippen LogP contribution is -2.40. The molecule has 1 saturated carbocycles. The molecule has 2 heteroatoms. The molecular formula is C7H13NO. The van der Waals surface area contributed by atoms with Crippen molar-refractivity contribution in [3.8, 4) is 0 Å². The van der Waals surface area contributed by atoms with Crippen molar-refractivity contribution in [1.29, 1.82) is 0 Å². The van der Waals surface area contributed by atoms with Crippen LogP contribution in [0.2, 0.25) is 0 Å². The summed E-state index contributed by atoms with van der Waals surface area (Å²) in [6.07, 6.45) is 5.89. The molecule has 1 heterocycles. The van der Waals surface area contributed by atoms with Gasteiger partial charge in [0.2, 0.25) is 0 Å². The lowest BCUT2D eigenvalue weighted by molar-refractivity contribution is -0.0941. The summed E-state index contributed by atoms with van der Waals surface area (Å²) in [7, 11) is 0. The molecule has 2 bridgehead atoms. The van der Waals surface area contributed by atoms with Crippen molar-refractivity contribution in [3.63, 3.8) is 0 Å². The Morgan fingerprint density at radius 3 is 3.11 bits per heavy atom. The summed E-state index contributed by atoms with van der Waals surface area (Å²) in [4.78, 5) is 5.30. The van der Waals surface area contributed by atoms with E-state index in [4.69, 9.17) is 4.84 Å². The van der Waals surface area contributed by atoms with Gasteiger partial charge in [-0.3, -0.25) is 4.84 Å². The molecule has 9 heavy (non-hydrogen) atoms. The molecule has 2 rings (SSSR count). The second-order valence-corrected chi connectivity index (χ2v) is 3.12. The summed E-state index contributed by atoms with van der Waals surface area (Å²) in [5.74, 6) is 0.914. The highest BCUT2D eigenvalue weighted by molar-refractivity contribution is 4.76. The molecule has 1 saturated heterocycles. The molecule has 1 N–H and O–H groups in total. The molecule has 0 aromatic heterocycles.